The molecule has 0 bridgehead atoms. The first-order valence-electron chi connectivity index (χ1n) is 11.6. The quantitative estimate of drug-likeness (QED) is 0.669. The molecule has 5 heteroatoms. The Kier molecular flexibility index (Phi) is 6.17. The van der Waals surface area contributed by atoms with E-state index in [9.17, 15) is 4.79 Å². The van der Waals surface area contributed by atoms with Crippen LogP contribution in [0.3, 0.4) is 0 Å². The number of nitrogens with zero attached hydrogens (tertiary/aromatic N) is 3. The molecule has 2 aliphatic rings. The predicted molar refractivity (Wildman–Crippen MR) is 128 cm³/mol. The number of piperidine rings is 1. The highest BCUT2D eigenvalue weighted by Gasteiger charge is 2.23. The highest BCUT2D eigenvalue weighted by atomic mass is 16.2. The minimum absolute atomic E-state index is 0.129. The molecule has 1 N–H and O–H groups in total. The minimum atomic E-state index is 0.129. The fraction of sp³-hybridized carbons (Fsp3) is 0.333. The summed E-state index contributed by atoms with van der Waals surface area (Å²) in [4.78, 5) is 21.6. The molecule has 0 unspecified atom stereocenters. The van der Waals surface area contributed by atoms with Gasteiger partial charge in [-0.1, -0.05) is 30.3 Å². The van der Waals surface area contributed by atoms with Crippen molar-refractivity contribution in [1.29, 1.82) is 0 Å². The lowest BCUT2D eigenvalue weighted by Crippen LogP contribution is -2.42. The maximum absolute atomic E-state index is 13.0. The third kappa shape index (κ3) is 4.68. The molecule has 3 heterocycles. The number of aromatic nitrogens is 1. The van der Waals surface area contributed by atoms with Gasteiger partial charge < -0.3 is 15.1 Å². The summed E-state index contributed by atoms with van der Waals surface area (Å²) < 4.78 is 0. The summed E-state index contributed by atoms with van der Waals surface area (Å²) in [6.45, 7) is 4.42. The van der Waals surface area contributed by atoms with Gasteiger partial charge in [0.2, 0.25) is 0 Å². The zero-order valence-electron chi connectivity index (χ0n) is 18.4. The molecular weight excluding hydrogens is 396 g/mol. The van der Waals surface area contributed by atoms with E-state index in [1.165, 1.54) is 22.4 Å². The first-order chi connectivity index (χ1) is 15.8. The summed E-state index contributed by atoms with van der Waals surface area (Å²) >= 11 is 0. The van der Waals surface area contributed by atoms with Gasteiger partial charge >= 0.3 is 0 Å². The van der Waals surface area contributed by atoms with Gasteiger partial charge in [0.15, 0.2) is 0 Å². The normalized spacial score (nSPS) is 16.6. The van der Waals surface area contributed by atoms with Crippen molar-refractivity contribution in [2.45, 2.75) is 38.4 Å². The Balaban J connectivity index is 1.14. The van der Waals surface area contributed by atoms with Crippen LogP contribution in [0.2, 0.25) is 0 Å². The number of rotatable bonds is 5. The molecule has 0 radical (unpaired) electrons. The van der Waals surface area contributed by atoms with Crippen LogP contribution in [0.25, 0.3) is 0 Å². The molecule has 0 aliphatic carbocycles. The van der Waals surface area contributed by atoms with Gasteiger partial charge in [-0.2, -0.15) is 0 Å². The molecule has 1 fully saturated rings. The van der Waals surface area contributed by atoms with E-state index >= 15 is 0 Å². The highest BCUT2D eigenvalue weighted by molar-refractivity contribution is 5.94. The molecule has 32 heavy (non-hydrogen) atoms. The second-order valence-electron chi connectivity index (χ2n) is 8.80. The summed E-state index contributed by atoms with van der Waals surface area (Å²) in [6, 6.07) is 21.3. The van der Waals surface area contributed by atoms with Crippen LogP contribution in [0.15, 0.2) is 73.1 Å². The number of nitrogens with one attached hydrogen (secondary N) is 1. The zero-order valence-corrected chi connectivity index (χ0v) is 18.4. The molecule has 2 aromatic carbocycles. The standard InChI is InChI=1S/C27H30N4O/c32-27(31-15-11-22-5-1-2-6-24(22)20-31)23-7-9-26(10-8-23)30-16-12-25(13-17-30)29-19-21-4-3-14-28-18-21/h1-10,14,18,25,29H,11-13,15-17,19-20H2. The number of benzene rings is 2. The van der Waals surface area contributed by atoms with Crippen LogP contribution < -0.4 is 10.2 Å². The molecule has 0 spiro atoms. The lowest BCUT2D eigenvalue weighted by Gasteiger charge is -2.34. The molecule has 0 saturated carbocycles. The van der Waals surface area contributed by atoms with Crippen molar-refractivity contribution >= 4 is 11.6 Å². The molecule has 1 aromatic heterocycles. The van der Waals surface area contributed by atoms with E-state index in [1.807, 2.05) is 35.5 Å². The van der Waals surface area contributed by atoms with E-state index in [-0.39, 0.29) is 5.91 Å². The Morgan fingerprint density at radius 2 is 1.72 bits per heavy atom. The summed E-state index contributed by atoms with van der Waals surface area (Å²) in [5.41, 5.74) is 5.85. The van der Waals surface area contributed by atoms with Crippen molar-refractivity contribution in [2.24, 2.45) is 0 Å². The Morgan fingerprint density at radius 1 is 0.938 bits per heavy atom. The molecule has 2 aliphatic heterocycles. The first kappa shape index (κ1) is 20.7. The van der Waals surface area contributed by atoms with Crippen LogP contribution >= 0.6 is 0 Å². The third-order valence-corrected chi connectivity index (χ3v) is 6.71. The summed E-state index contributed by atoms with van der Waals surface area (Å²) in [5, 5.41) is 3.66. The van der Waals surface area contributed by atoms with Crippen LogP contribution in [0.4, 0.5) is 5.69 Å². The Labute approximate surface area is 190 Å². The monoisotopic (exact) mass is 426 g/mol. The minimum Gasteiger partial charge on any atom is -0.371 e. The zero-order chi connectivity index (χ0) is 21.8. The number of anilines is 1. The summed E-state index contributed by atoms with van der Waals surface area (Å²) in [5.74, 6) is 0.129. The topological polar surface area (TPSA) is 48.5 Å². The van der Waals surface area contributed by atoms with Gasteiger partial charge in [0, 0.05) is 62.4 Å². The number of amides is 1. The smallest absolute Gasteiger partial charge is 0.254 e. The van der Waals surface area contributed by atoms with E-state index in [2.05, 4.69) is 57.7 Å². The molecule has 3 aromatic rings. The third-order valence-electron chi connectivity index (χ3n) is 6.71. The van der Waals surface area contributed by atoms with Crippen molar-refractivity contribution in [3.05, 3.63) is 95.3 Å². The molecule has 5 rings (SSSR count). The number of carbonyl (C=O) groups excluding carboxylic acids is 1. The first-order valence-corrected chi connectivity index (χ1v) is 11.6. The van der Waals surface area contributed by atoms with Crippen molar-refractivity contribution in [2.75, 3.05) is 24.5 Å². The predicted octanol–water partition coefficient (Wildman–Crippen LogP) is 4.04. The Bertz CT molecular complexity index is 1040. The number of hydrogen-bond acceptors (Lipinski definition) is 4. The van der Waals surface area contributed by atoms with E-state index in [0.717, 1.165) is 51.0 Å². The largest absolute Gasteiger partial charge is 0.371 e. The molecule has 1 saturated heterocycles. The molecular formula is C27H30N4O. The summed E-state index contributed by atoms with van der Waals surface area (Å²) in [7, 11) is 0. The van der Waals surface area contributed by atoms with Gasteiger partial charge in [-0.15, -0.1) is 0 Å². The van der Waals surface area contributed by atoms with E-state index in [4.69, 9.17) is 0 Å². The Morgan fingerprint density at radius 3 is 2.47 bits per heavy atom. The second kappa shape index (κ2) is 9.53. The van der Waals surface area contributed by atoms with E-state index in [1.54, 1.807) is 0 Å². The summed E-state index contributed by atoms with van der Waals surface area (Å²) in [6.07, 6.45) is 6.91. The fourth-order valence-electron chi connectivity index (χ4n) is 4.77. The number of pyridine rings is 1. The number of fused-ring (bicyclic) bond motifs is 1. The van der Waals surface area contributed by atoms with Crippen LogP contribution in [-0.4, -0.2) is 41.5 Å². The average molecular weight is 427 g/mol. The average Bonchev–Trinajstić information content (AvgIpc) is 2.88. The lowest BCUT2D eigenvalue weighted by molar-refractivity contribution is 0.0734. The molecule has 0 atom stereocenters. The van der Waals surface area contributed by atoms with Gasteiger partial charge in [-0.25, -0.2) is 0 Å². The lowest BCUT2D eigenvalue weighted by atomic mass is 9.99. The van der Waals surface area contributed by atoms with Gasteiger partial charge in [-0.05, 0) is 66.3 Å². The molecule has 1 amide bonds. The van der Waals surface area contributed by atoms with E-state index < -0.39 is 0 Å². The fourth-order valence-corrected chi connectivity index (χ4v) is 4.77. The van der Waals surface area contributed by atoms with Crippen molar-refractivity contribution in [3.63, 3.8) is 0 Å². The SMILES string of the molecule is O=C(c1ccc(N2CCC(NCc3cccnc3)CC2)cc1)N1CCc2ccccc2C1. The van der Waals surface area contributed by atoms with Crippen LogP contribution in [-0.2, 0) is 19.5 Å². The molecule has 5 nitrogen and oxygen atoms in total. The second-order valence-corrected chi connectivity index (χ2v) is 8.80. The maximum Gasteiger partial charge on any atom is 0.254 e. The van der Waals surface area contributed by atoms with Crippen LogP contribution in [0, 0.1) is 0 Å². The Hall–Kier alpha value is -3.18. The van der Waals surface area contributed by atoms with Gasteiger partial charge in [0.25, 0.3) is 5.91 Å². The van der Waals surface area contributed by atoms with Crippen molar-refractivity contribution in [1.82, 2.24) is 15.2 Å². The number of carbonyl (C=O) groups is 1. The highest BCUT2D eigenvalue weighted by Crippen LogP contribution is 2.23. The van der Waals surface area contributed by atoms with Gasteiger partial charge in [0.05, 0.1) is 0 Å². The maximum atomic E-state index is 13.0. The number of hydrogen-bond donors (Lipinski definition) is 1. The van der Waals surface area contributed by atoms with Gasteiger partial charge in [-0.3, -0.25) is 9.78 Å². The van der Waals surface area contributed by atoms with E-state index in [0.29, 0.717) is 12.6 Å². The van der Waals surface area contributed by atoms with Crippen molar-refractivity contribution < 1.29 is 4.79 Å². The molecule has 164 valence electrons. The van der Waals surface area contributed by atoms with Crippen molar-refractivity contribution in [3.8, 4) is 0 Å². The van der Waals surface area contributed by atoms with Gasteiger partial charge in [0.1, 0.15) is 0 Å². The van der Waals surface area contributed by atoms with Crippen LogP contribution in [0.5, 0.6) is 0 Å². The van der Waals surface area contributed by atoms with Crippen LogP contribution in [0.1, 0.15) is 39.9 Å².